The van der Waals surface area contributed by atoms with E-state index >= 15 is 0 Å². The maximum atomic E-state index is 11.9. The molecule has 8 heteroatoms. The first-order chi connectivity index (χ1) is 10.3. The number of aryl methyl sites for hydroxylation is 1. The summed E-state index contributed by atoms with van der Waals surface area (Å²) in [5.41, 5.74) is 1.53. The third kappa shape index (κ3) is 4.27. The van der Waals surface area contributed by atoms with Gasteiger partial charge >= 0.3 is 0 Å². The monoisotopic (exact) mass is 346 g/mol. The minimum absolute atomic E-state index is 0.0160. The molecule has 1 amide bonds. The minimum Gasteiger partial charge on any atom is -0.495 e. The largest absolute Gasteiger partial charge is 0.495 e. The number of hydrogen-bond acceptors (Lipinski definition) is 5. The van der Waals surface area contributed by atoms with Crippen LogP contribution in [-0.4, -0.2) is 45.5 Å². The van der Waals surface area contributed by atoms with Crippen LogP contribution in [0.3, 0.4) is 0 Å². The van der Waals surface area contributed by atoms with Crippen LogP contribution in [0, 0.1) is 6.92 Å². The number of sulfone groups is 1. The quantitative estimate of drug-likeness (QED) is 0.841. The lowest BCUT2D eigenvalue weighted by molar-refractivity contribution is -0.119. The van der Waals surface area contributed by atoms with Gasteiger partial charge in [0, 0.05) is 17.1 Å². The van der Waals surface area contributed by atoms with Crippen molar-refractivity contribution in [2.45, 2.75) is 19.4 Å². The number of methoxy groups -OCH3 is 1. The molecule has 0 saturated carbocycles. The highest BCUT2D eigenvalue weighted by Crippen LogP contribution is 2.30. The van der Waals surface area contributed by atoms with Gasteiger partial charge in [-0.1, -0.05) is 11.6 Å². The number of benzene rings is 1. The van der Waals surface area contributed by atoms with Gasteiger partial charge < -0.3 is 15.4 Å². The number of halogens is 1. The second-order valence-corrected chi connectivity index (χ2v) is 7.96. The maximum Gasteiger partial charge on any atom is 0.239 e. The van der Waals surface area contributed by atoms with Gasteiger partial charge in [0.15, 0.2) is 9.84 Å². The van der Waals surface area contributed by atoms with E-state index in [1.54, 1.807) is 12.1 Å². The summed E-state index contributed by atoms with van der Waals surface area (Å²) >= 11 is 6.02. The molecule has 1 atom stereocenters. The summed E-state index contributed by atoms with van der Waals surface area (Å²) in [4.78, 5) is 11.9. The Morgan fingerprint density at radius 2 is 2.18 bits per heavy atom. The third-order valence-electron chi connectivity index (χ3n) is 3.52. The predicted molar refractivity (Wildman–Crippen MR) is 86.4 cm³/mol. The van der Waals surface area contributed by atoms with Gasteiger partial charge in [0.05, 0.1) is 30.8 Å². The standard InChI is InChI=1S/C14H19ClN2O4S/c1-9-5-12(13(21-2)6-11(9)15)16-7-14(18)17-10-3-4-22(19,20)8-10/h5-6,10,16H,3-4,7-8H2,1-2H3,(H,17,18). The van der Waals surface area contributed by atoms with Crippen LogP contribution in [-0.2, 0) is 14.6 Å². The normalized spacial score (nSPS) is 19.7. The second kappa shape index (κ2) is 6.75. The van der Waals surface area contributed by atoms with E-state index in [1.807, 2.05) is 6.92 Å². The highest BCUT2D eigenvalue weighted by Gasteiger charge is 2.28. The first-order valence-electron chi connectivity index (χ1n) is 6.88. The predicted octanol–water partition coefficient (Wildman–Crippen LogP) is 1.37. The van der Waals surface area contributed by atoms with Crippen molar-refractivity contribution in [2.24, 2.45) is 0 Å². The molecule has 1 aliphatic rings. The molecule has 1 fully saturated rings. The highest BCUT2D eigenvalue weighted by atomic mass is 35.5. The van der Waals surface area contributed by atoms with Crippen LogP contribution in [0.5, 0.6) is 5.75 Å². The number of carbonyl (C=O) groups excluding carboxylic acids is 1. The molecule has 0 radical (unpaired) electrons. The third-order valence-corrected chi connectivity index (χ3v) is 5.69. The lowest BCUT2D eigenvalue weighted by Crippen LogP contribution is -2.39. The average molecular weight is 347 g/mol. The van der Waals surface area contributed by atoms with E-state index in [4.69, 9.17) is 16.3 Å². The number of carbonyl (C=O) groups is 1. The molecule has 0 bridgehead atoms. The maximum absolute atomic E-state index is 11.9. The van der Waals surface area contributed by atoms with Crippen LogP contribution in [0.25, 0.3) is 0 Å². The molecular weight excluding hydrogens is 328 g/mol. The molecule has 0 spiro atoms. The first kappa shape index (κ1) is 16.9. The molecule has 1 aromatic rings. The van der Waals surface area contributed by atoms with Gasteiger partial charge in [-0.05, 0) is 25.0 Å². The van der Waals surface area contributed by atoms with Crippen molar-refractivity contribution in [1.29, 1.82) is 0 Å². The van der Waals surface area contributed by atoms with E-state index in [2.05, 4.69) is 10.6 Å². The Morgan fingerprint density at radius 3 is 2.77 bits per heavy atom. The van der Waals surface area contributed by atoms with Gasteiger partial charge in [0.1, 0.15) is 5.75 Å². The van der Waals surface area contributed by atoms with Crippen LogP contribution < -0.4 is 15.4 Å². The van der Waals surface area contributed by atoms with Gasteiger partial charge in [-0.15, -0.1) is 0 Å². The average Bonchev–Trinajstić information content (AvgIpc) is 2.78. The summed E-state index contributed by atoms with van der Waals surface area (Å²) in [6, 6.07) is 3.18. The number of rotatable bonds is 5. The van der Waals surface area contributed by atoms with E-state index < -0.39 is 9.84 Å². The first-order valence-corrected chi connectivity index (χ1v) is 9.08. The van der Waals surface area contributed by atoms with E-state index in [-0.39, 0.29) is 30.0 Å². The van der Waals surface area contributed by atoms with E-state index in [1.165, 1.54) is 7.11 Å². The summed E-state index contributed by atoms with van der Waals surface area (Å²) in [6.07, 6.45) is 0.470. The molecule has 1 unspecified atom stereocenters. The molecular formula is C14H19ClN2O4S. The summed E-state index contributed by atoms with van der Waals surface area (Å²) < 4.78 is 27.9. The van der Waals surface area contributed by atoms with Crippen molar-refractivity contribution in [3.05, 3.63) is 22.7 Å². The van der Waals surface area contributed by atoms with Gasteiger partial charge in [-0.2, -0.15) is 0 Å². The minimum atomic E-state index is -3.00. The van der Waals surface area contributed by atoms with Crippen LogP contribution in [0.2, 0.25) is 5.02 Å². The zero-order valence-electron chi connectivity index (χ0n) is 12.5. The number of nitrogens with one attached hydrogen (secondary N) is 2. The van der Waals surface area contributed by atoms with Crippen molar-refractivity contribution in [3.63, 3.8) is 0 Å². The number of amides is 1. The van der Waals surface area contributed by atoms with Gasteiger partial charge in [0.25, 0.3) is 0 Å². The van der Waals surface area contributed by atoms with Crippen molar-refractivity contribution in [1.82, 2.24) is 5.32 Å². The Balaban J connectivity index is 1.93. The molecule has 6 nitrogen and oxygen atoms in total. The summed E-state index contributed by atoms with van der Waals surface area (Å²) in [5.74, 6) is 0.445. The SMILES string of the molecule is COc1cc(Cl)c(C)cc1NCC(=O)NC1CCS(=O)(=O)C1. The molecule has 1 aliphatic heterocycles. The molecule has 2 N–H and O–H groups in total. The number of hydrogen-bond donors (Lipinski definition) is 2. The van der Waals surface area contributed by atoms with Crippen LogP contribution in [0.4, 0.5) is 5.69 Å². The van der Waals surface area contributed by atoms with Crippen molar-refractivity contribution in [3.8, 4) is 5.75 Å². The number of anilines is 1. The Morgan fingerprint density at radius 1 is 1.45 bits per heavy atom. The fourth-order valence-electron chi connectivity index (χ4n) is 2.33. The van der Waals surface area contributed by atoms with E-state index in [9.17, 15) is 13.2 Å². The van der Waals surface area contributed by atoms with Crippen LogP contribution in [0.15, 0.2) is 12.1 Å². The molecule has 0 aliphatic carbocycles. The highest BCUT2D eigenvalue weighted by molar-refractivity contribution is 7.91. The Hall–Kier alpha value is -1.47. The summed E-state index contributed by atoms with van der Waals surface area (Å²) in [7, 11) is -1.48. The van der Waals surface area contributed by atoms with E-state index in [0.29, 0.717) is 22.9 Å². The van der Waals surface area contributed by atoms with Crippen LogP contribution in [0.1, 0.15) is 12.0 Å². The Labute approximate surface area is 135 Å². The fraction of sp³-hybridized carbons (Fsp3) is 0.500. The molecule has 1 heterocycles. The molecule has 22 heavy (non-hydrogen) atoms. The molecule has 2 rings (SSSR count). The van der Waals surface area contributed by atoms with Crippen molar-refractivity contribution in [2.75, 3.05) is 30.5 Å². The lowest BCUT2D eigenvalue weighted by Gasteiger charge is -2.15. The molecule has 1 aromatic carbocycles. The lowest BCUT2D eigenvalue weighted by atomic mass is 10.2. The fourth-order valence-corrected chi connectivity index (χ4v) is 4.16. The Bertz CT molecular complexity index is 676. The van der Waals surface area contributed by atoms with E-state index in [0.717, 1.165) is 5.56 Å². The molecule has 0 aromatic heterocycles. The van der Waals surface area contributed by atoms with Gasteiger partial charge in [-0.25, -0.2) is 8.42 Å². The smallest absolute Gasteiger partial charge is 0.239 e. The van der Waals surface area contributed by atoms with Gasteiger partial charge in [0.2, 0.25) is 5.91 Å². The second-order valence-electron chi connectivity index (χ2n) is 5.32. The molecule has 1 saturated heterocycles. The zero-order chi connectivity index (χ0) is 16.3. The van der Waals surface area contributed by atoms with Crippen molar-refractivity contribution < 1.29 is 17.9 Å². The molecule has 122 valence electrons. The number of ether oxygens (including phenoxy) is 1. The summed E-state index contributed by atoms with van der Waals surface area (Å²) in [6.45, 7) is 1.89. The zero-order valence-corrected chi connectivity index (χ0v) is 14.1. The Kier molecular flexibility index (Phi) is 5.18. The van der Waals surface area contributed by atoms with Crippen molar-refractivity contribution >= 4 is 33.0 Å². The topological polar surface area (TPSA) is 84.5 Å². The van der Waals surface area contributed by atoms with Gasteiger partial charge in [-0.3, -0.25) is 4.79 Å². The van der Waals surface area contributed by atoms with Crippen LogP contribution >= 0.6 is 11.6 Å². The summed E-state index contributed by atoms with van der Waals surface area (Å²) in [5, 5.41) is 6.29.